The Kier molecular flexibility index (Phi) is 10.7. The smallest absolute Gasteiger partial charge is 0.417 e. The summed E-state index contributed by atoms with van der Waals surface area (Å²) in [6, 6.07) is 13.9. The largest absolute Gasteiger partial charge is 0.493 e. The number of amides is 1. The molecule has 2 atom stereocenters. The van der Waals surface area contributed by atoms with Gasteiger partial charge in [-0.15, -0.1) is 0 Å². The van der Waals surface area contributed by atoms with Crippen LogP contribution in [0.25, 0.3) is 10.9 Å². The van der Waals surface area contributed by atoms with E-state index in [4.69, 9.17) is 29.9 Å². The van der Waals surface area contributed by atoms with Gasteiger partial charge in [-0.2, -0.15) is 0 Å². The molecule has 0 spiro atoms. The number of carbonyl (C=O) groups excluding carboxylic acids is 1. The number of nitrogens with one attached hydrogen (secondary N) is 2. The van der Waals surface area contributed by atoms with Gasteiger partial charge in [-0.25, -0.2) is 9.59 Å². The van der Waals surface area contributed by atoms with E-state index in [-0.39, 0.29) is 0 Å². The van der Waals surface area contributed by atoms with Crippen molar-refractivity contribution < 1.29 is 49.1 Å². The fourth-order valence-electron chi connectivity index (χ4n) is 6.24. The molecule has 242 valence electrons. The van der Waals surface area contributed by atoms with Crippen molar-refractivity contribution in [2.45, 2.75) is 69.4 Å². The summed E-state index contributed by atoms with van der Waals surface area (Å²) in [5, 5.41) is 37.9. The van der Waals surface area contributed by atoms with Gasteiger partial charge in [0, 0.05) is 28.3 Å². The molecule has 13 nitrogen and oxygen atoms in total. The summed E-state index contributed by atoms with van der Waals surface area (Å²) in [5.41, 5.74) is 1.89. The van der Waals surface area contributed by atoms with Crippen LogP contribution in [0, 0.1) is 0 Å². The zero-order valence-corrected chi connectivity index (χ0v) is 25.2. The maximum absolute atomic E-state index is 12.6. The number of anilines is 1. The normalized spacial score (nSPS) is 17.9. The number of aliphatic carboxylic acids is 3. The maximum atomic E-state index is 12.6. The van der Waals surface area contributed by atoms with E-state index in [1.54, 1.807) is 19.2 Å². The van der Waals surface area contributed by atoms with Crippen LogP contribution in [0.2, 0.25) is 0 Å². The number of methoxy groups -OCH3 is 1. The van der Waals surface area contributed by atoms with Crippen molar-refractivity contribution in [3.63, 3.8) is 0 Å². The third-order valence-corrected chi connectivity index (χ3v) is 8.31. The summed E-state index contributed by atoms with van der Waals surface area (Å²) in [6.07, 6.45) is 3.24. The van der Waals surface area contributed by atoms with Gasteiger partial charge in [-0.3, -0.25) is 14.9 Å². The van der Waals surface area contributed by atoms with E-state index >= 15 is 0 Å². The lowest BCUT2D eigenvalue weighted by Gasteiger charge is -2.35. The number of H-pyrrole nitrogens is 1. The van der Waals surface area contributed by atoms with E-state index in [1.165, 1.54) is 55.4 Å². The Morgan fingerprint density at radius 1 is 1.00 bits per heavy atom. The first kappa shape index (κ1) is 33.3. The van der Waals surface area contributed by atoms with E-state index in [1.807, 2.05) is 18.2 Å². The quantitative estimate of drug-likeness (QED) is 0.186. The molecule has 6 N–H and O–H groups in total. The highest BCUT2D eigenvalue weighted by atomic mass is 16.6. The molecule has 2 saturated heterocycles. The summed E-state index contributed by atoms with van der Waals surface area (Å²) in [5.74, 6) is -3.53. The number of benzene rings is 2. The first-order valence-corrected chi connectivity index (χ1v) is 14.8. The van der Waals surface area contributed by atoms with Crippen LogP contribution < -0.4 is 14.8 Å². The minimum absolute atomic E-state index is 0.396. The second-order valence-electron chi connectivity index (χ2n) is 11.3. The number of carboxylic acid groups (broad SMARTS) is 3. The van der Waals surface area contributed by atoms with Crippen molar-refractivity contribution in [3.05, 3.63) is 53.7 Å². The van der Waals surface area contributed by atoms with Crippen LogP contribution in [0.1, 0.15) is 62.6 Å². The number of fused-ring (bicyclic) bond motifs is 2. The standard InChI is InChI=1S/C26H31N3O3.C6H8O7/c1-3-21-25(17-12-14-29-13-6-7-19(29)15-17)20-16-18(10-11-22(20)28-21)27-26(30)32-24-9-5-4-8-23(24)31-2;7-3(8)1-6(13,5(11)12)2-4(9)10/h4-5,8-11,16-17,19,28H,3,6-7,12-15H2,1-2H3,(H,27,30);13H,1-2H2,(H,7,8)(H,9,10)(H,11,12). The summed E-state index contributed by atoms with van der Waals surface area (Å²) in [4.78, 5) is 49.3. The number of aryl methyl sites for hydroxylation is 1. The topological polar surface area (TPSA) is 199 Å². The predicted octanol–water partition coefficient (Wildman–Crippen LogP) is 4.44. The molecule has 2 aromatic carbocycles. The van der Waals surface area contributed by atoms with E-state index in [2.05, 4.69) is 34.3 Å². The number of rotatable bonds is 10. The van der Waals surface area contributed by atoms with Gasteiger partial charge in [0.15, 0.2) is 17.1 Å². The van der Waals surface area contributed by atoms with Gasteiger partial charge in [-0.05, 0) is 87.0 Å². The number of piperidine rings is 1. The SMILES string of the molecule is CCc1[nH]c2ccc(NC(=O)Oc3ccccc3OC)cc2c1C1CCN2CCCC2C1.O=C(O)CC(O)(CC(=O)O)C(=O)O. The minimum atomic E-state index is -2.74. The van der Waals surface area contributed by atoms with Crippen LogP contribution in [0.3, 0.4) is 0 Å². The van der Waals surface area contributed by atoms with Crippen LogP contribution in [-0.4, -0.2) is 86.2 Å². The van der Waals surface area contributed by atoms with Gasteiger partial charge in [-0.1, -0.05) is 19.1 Å². The van der Waals surface area contributed by atoms with Crippen LogP contribution in [0.4, 0.5) is 10.5 Å². The van der Waals surface area contributed by atoms with E-state index in [0.29, 0.717) is 17.4 Å². The predicted molar refractivity (Wildman–Crippen MR) is 164 cm³/mol. The Bertz CT molecular complexity index is 1540. The highest BCUT2D eigenvalue weighted by molar-refractivity contribution is 5.93. The summed E-state index contributed by atoms with van der Waals surface area (Å²) in [7, 11) is 1.56. The molecular formula is C32H39N3O10. The summed E-state index contributed by atoms with van der Waals surface area (Å²) < 4.78 is 10.8. The zero-order chi connectivity index (χ0) is 32.7. The molecule has 0 aliphatic carbocycles. The highest BCUT2D eigenvalue weighted by Crippen LogP contribution is 2.41. The van der Waals surface area contributed by atoms with Crippen molar-refractivity contribution in [2.75, 3.05) is 25.5 Å². The number of hydrogen-bond donors (Lipinski definition) is 6. The van der Waals surface area contributed by atoms with Gasteiger partial charge in [0.1, 0.15) is 0 Å². The van der Waals surface area contributed by atoms with Gasteiger partial charge in [0.05, 0.1) is 20.0 Å². The Morgan fingerprint density at radius 3 is 2.31 bits per heavy atom. The number of carbonyl (C=O) groups is 4. The molecule has 2 aliphatic rings. The second kappa shape index (κ2) is 14.4. The molecule has 45 heavy (non-hydrogen) atoms. The van der Waals surface area contributed by atoms with Gasteiger partial charge in [0.25, 0.3) is 0 Å². The lowest BCUT2D eigenvalue weighted by molar-refractivity contribution is -0.170. The molecule has 13 heteroatoms. The Labute approximate surface area is 259 Å². The number of ether oxygens (including phenoxy) is 2. The van der Waals surface area contributed by atoms with Crippen LogP contribution in [-0.2, 0) is 20.8 Å². The van der Waals surface area contributed by atoms with Gasteiger partial charge >= 0.3 is 24.0 Å². The lowest BCUT2D eigenvalue weighted by atomic mass is 9.83. The molecule has 3 heterocycles. The van der Waals surface area contributed by atoms with E-state index in [0.717, 1.165) is 23.7 Å². The first-order chi connectivity index (χ1) is 21.4. The molecule has 0 saturated carbocycles. The molecule has 0 radical (unpaired) electrons. The average molecular weight is 626 g/mol. The highest BCUT2D eigenvalue weighted by Gasteiger charge is 2.41. The number of hydrogen-bond acceptors (Lipinski definition) is 8. The molecule has 1 aromatic heterocycles. The molecule has 0 bridgehead atoms. The number of carboxylic acids is 3. The van der Waals surface area contributed by atoms with Gasteiger partial charge in [0.2, 0.25) is 0 Å². The van der Waals surface area contributed by atoms with Crippen molar-refractivity contribution in [1.29, 1.82) is 0 Å². The third-order valence-electron chi connectivity index (χ3n) is 8.31. The summed E-state index contributed by atoms with van der Waals surface area (Å²) in [6.45, 7) is 4.66. The summed E-state index contributed by atoms with van der Waals surface area (Å²) >= 11 is 0. The minimum Gasteiger partial charge on any atom is -0.493 e. The molecule has 2 unspecified atom stereocenters. The molecule has 5 rings (SSSR count). The first-order valence-electron chi connectivity index (χ1n) is 14.8. The van der Waals surface area contributed by atoms with Crippen LogP contribution >= 0.6 is 0 Å². The number of aromatic amines is 1. The average Bonchev–Trinajstić information content (AvgIpc) is 3.60. The van der Waals surface area contributed by atoms with E-state index < -0.39 is 42.4 Å². The maximum Gasteiger partial charge on any atom is 0.417 e. The third kappa shape index (κ3) is 8.11. The Morgan fingerprint density at radius 2 is 1.69 bits per heavy atom. The van der Waals surface area contributed by atoms with Gasteiger partial charge < -0.3 is 39.8 Å². The number of aliphatic hydroxyl groups is 1. The molecular weight excluding hydrogens is 586 g/mol. The fraction of sp³-hybridized carbons (Fsp3) is 0.438. The van der Waals surface area contributed by atoms with Crippen LogP contribution in [0.5, 0.6) is 11.5 Å². The molecule has 3 aromatic rings. The Hall–Kier alpha value is -4.62. The molecule has 1 amide bonds. The number of aromatic nitrogens is 1. The van der Waals surface area contributed by atoms with E-state index in [9.17, 15) is 19.2 Å². The van der Waals surface area contributed by atoms with Crippen molar-refractivity contribution in [1.82, 2.24) is 9.88 Å². The number of nitrogens with zero attached hydrogens (tertiary/aromatic N) is 1. The lowest BCUT2D eigenvalue weighted by Crippen LogP contribution is -2.42. The van der Waals surface area contributed by atoms with Crippen molar-refractivity contribution in [3.8, 4) is 11.5 Å². The molecule has 2 fully saturated rings. The van der Waals surface area contributed by atoms with Crippen LogP contribution in [0.15, 0.2) is 42.5 Å². The zero-order valence-electron chi connectivity index (χ0n) is 25.2. The second-order valence-corrected chi connectivity index (χ2v) is 11.3. The number of para-hydroxylation sites is 2. The molecule has 2 aliphatic heterocycles. The fourth-order valence-corrected chi connectivity index (χ4v) is 6.24. The Balaban J connectivity index is 0.000000302. The van der Waals surface area contributed by atoms with Crippen molar-refractivity contribution >= 4 is 40.6 Å². The van der Waals surface area contributed by atoms with Crippen molar-refractivity contribution in [2.24, 2.45) is 0 Å². The monoisotopic (exact) mass is 625 g/mol.